The summed E-state index contributed by atoms with van der Waals surface area (Å²) in [5, 5.41) is 11.3. The van der Waals surface area contributed by atoms with Gasteiger partial charge in [0.1, 0.15) is 11.8 Å². The molecule has 96 valence electrons. The number of carboxylic acids is 1. The van der Waals surface area contributed by atoms with Crippen molar-refractivity contribution in [2.24, 2.45) is 0 Å². The molecular formula is C12H14N2O4. The van der Waals surface area contributed by atoms with Crippen molar-refractivity contribution >= 4 is 17.7 Å². The summed E-state index contributed by atoms with van der Waals surface area (Å²) in [6.45, 7) is 1.38. The zero-order chi connectivity index (χ0) is 13.5. The Morgan fingerprint density at radius 1 is 1.44 bits per heavy atom. The average Bonchev–Trinajstić information content (AvgIpc) is 2.34. The number of aromatic nitrogens is 1. The van der Waals surface area contributed by atoms with Crippen molar-refractivity contribution in [2.45, 2.75) is 25.8 Å². The molecule has 0 radical (unpaired) electrons. The topological polar surface area (TPSA) is 96.4 Å². The normalized spacial score (nSPS) is 11.6. The molecule has 0 spiro atoms. The summed E-state index contributed by atoms with van der Waals surface area (Å²) in [5.41, 5.74) is 0.284. The maximum absolute atomic E-state index is 11.7. The number of ketones is 1. The fraction of sp³-hybridized carbons (Fsp3) is 0.333. The Balaban J connectivity index is 2.64. The van der Waals surface area contributed by atoms with E-state index < -0.39 is 17.9 Å². The third kappa shape index (κ3) is 4.32. The summed E-state index contributed by atoms with van der Waals surface area (Å²) in [4.78, 5) is 37.2. The monoisotopic (exact) mass is 250 g/mol. The van der Waals surface area contributed by atoms with Crippen LogP contribution in [0.25, 0.3) is 0 Å². The third-order valence-corrected chi connectivity index (χ3v) is 2.31. The zero-order valence-electron chi connectivity index (χ0n) is 9.92. The van der Waals surface area contributed by atoms with Crippen molar-refractivity contribution in [3.8, 4) is 0 Å². The number of nitrogens with zero attached hydrogens (tertiary/aromatic N) is 1. The molecule has 0 bridgehead atoms. The second-order valence-corrected chi connectivity index (χ2v) is 3.85. The van der Waals surface area contributed by atoms with Crippen LogP contribution >= 0.6 is 0 Å². The van der Waals surface area contributed by atoms with E-state index in [1.54, 1.807) is 6.07 Å². The summed E-state index contributed by atoms with van der Waals surface area (Å²) < 4.78 is 0. The number of carbonyl (C=O) groups is 3. The van der Waals surface area contributed by atoms with Crippen molar-refractivity contribution in [3.63, 3.8) is 0 Å². The van der Waals surface area contributed by atoms with Crippen molar-refractivity contribution in [3.05, 3.63) is 30.1 Å². The molecule has 0 saturated carbocycles. The van der Waals surface area contributed by atoms with Gasteiger partial charge in [0.2, 0.25) is 0 Å². The zero-order valence-corrected chi connectivity index (χ0v) is 9.92. The van der Waals surface area contributed by atoms with E-state index in [0.717, 1.165) is 0 Å². The molecule has 0 unspecified atom stereocenters. The van der Waals surface area contributed by atoms with Crippen molar-refractivity contribution in [2.75, 3.05) is 0 Å². The summed E-state index contributed by atoms with van der Waals surface area (Å²) in [7, 11) is 0. The van der Waals surface area contributed by atoms with E-state index in [1.165, 1.54) is 25.4 Å². The second-order valence-electron chi connectivity index (χ2n) is 3.85. The van der Waals surface area contributed by atoms with Crippen LogP contribution in [0.5, 0.6) is 0 Å². The maximum atomic E-state index is 11.7. The first kappa shape index (κ1) is 13.8. The first-order valence-corrected chi connectivity index (χ1v) is 5.44. The van der Waals surface area contributed by atoms with E-state index in [2.05, 4.69) is 10.3 Å². The van der Waals surface area contributed by atoms with Crippen LogP contribution in [0.4, 0.5) is 0 Å². The molecule has 0 aliphatic rings. The van der Waals surface area contributed by atoms with Gasteiger partial charge in [0.25, 0.3) is 5.91 Å². The molecule has 18 heavy (non-hydrogen) atoms. The second kappa shape index (κ2) is 6.48. The van der Waals surface area contributed by atoms with Gasteiger partial charge in [0, 0.05) is 18.8 Å². The molecular weight excluding hydrogens is 236 g/mol. The Kier molecular flexibility index (Phi) is 4.98. The van der Waals surface area contributed by atoms with Gasteiger partial charge in [0.05, 0.1) is 5.56 Å². The Bertz CT molecular complexity index is 445. The lowest BCUT2D eigenvalue weighted by atomic mass is 10.1. The molecule has 0 fully saturated rings. The van der Waals surface area contributed by atoms with E-state index in [9.17, 15) is 14.4 Å². The number of hydrogen-bond donors (Lipinski definition) is 2. The number of Topliss-reactive ketones (excluding diaryl/α,β-unsaturated/α-hetero) is 1. The number of carboxylic acid groups (broad SMARTS) is 1. The number of aliphatic carboxylic acids is 1. The average molecular weight is 250 g/mol. The Hall–Kier alpha value is -2.24. The molecule has 1 amide bonds. The van der Waals surface area contributed by atoms with E-state index in [0.29, 0.717) is 0 Å². The van der Waals surface area contributed by atoms with Crippen molar-refractivity contribution < 1.29 is 19.5 Å². The van der Waals surface area contributed by atoms with Gasteiger partial charge in [0.15, 0.2) is 0 Å². The van der Waals surface area contributed by atoms with Crippen LogP contribution in [0.15, 0.2) is 24.5 Å². The molecule has 2 N–H and O–H groups in total. The maximum Gasteiger partial charge on any atom is 0.326 e. The Labute approximate surface area is 104 Å². The molecule has 0 aliphatic carbocycles. The number of carbonyl (C=O) groups excluding carboxylic acids is 2. The SMILES string of the molecule is CC(=O)CC[C@H](NC(=O)c1cccnc1)C(=O)O. The van der Waals surface area contributed by atoms with E-state index >= 15 is 0 Å². The van der Waals surface area contributed by atoms with Crippen LogP contribution in [0, 0.1) is 0 Å². The molecule has 6 nitrogen and oxygen atoms in total. The van der Waals surface area contributed by atoms with Crippen LogP contribution in [0.1, 0.15) is 30.1 Å². The minimum atomic E-state index is -1.16. The minimum absolute atomic E-state index is 0.0800. The van der Waals surface area contributed by atoms with Crippen molar-refractivity contribution in [1.29, 1.82) is 0 Å². The summed E-state index contributed by atoms with van der Waals surface area (Å²) in [6.07, 6.45) is 3.06. The van der Waals surface area contributed by atoms with Gasteiger partial charge >= 0.3 is 5.97 Å². The fourth-order valence-electron chi connectivity index (χ4n) is 1.34. The van der Waals surface area contributed by atoms with Gasteiger partial charge in [-0.25, -0.2) is 4.79 Å². The Morgan fingerprint density at radius 2 is 2.17 bits per heavy atom. The highest BCUT2D eigenvalue weighted by Gasteiger charge is 2.20. The van der Waals surface area contributed by atoms with E-state index in [1.807, 2.05) is 0 Å². The summed E-state index contributed by atoms with van der Waals surface area (Å²) >= 11 is 0. The molecule has 1 aromatic rings. The molecule has 0 saturated heterocycles. The van der Waals surface area contributed by atoms with Gasteiger partial charge < -0.3 is 15.2 Å². The molecule has 0 aromatic carbocycles. The van der Waals surface area contributed by atoms with Gasteiger partial charge in [-0.15, -0.1) is 0 Å². The van der Waals surface area contributed by atoms with Gasteiger partial charge in [-0.2, -0.15) is 0 Å². The molecule has 1 rings (SSSR count). The first-order valence-electron chi connectivity index (χ1n) is 5.44. The third-order valence-electron chi connectivity index (χ3n) is 2.31. The lowest BCUT2D eigenvalue weighted by Gasteiger charge is -2.13. The lowest BCUT2D eigenvalue weighted by molar-refractivity contribution is -0.139. The Morgan fingerprint density at radius 3 is 2.67 bits per heavy atom. The predicted molar refractivity (Wildman–Crippen MR) is 63.0 cm³/mol. The van der Waals surface area contributed by atoms with Crippen LogP contribution in [-0.4, -0.2) is 33.8 Å². The summed E-state index contributed by atoms with van der Waals surface area (Å²) in [5.74, 6) is -1.79. The highest BCUT2D eigenvalue weighted by molar-refractivity contribution is 5.96. The molecule has 1 heterocycles. The largest absolute Gasteiger partial charge is 0.480 e. The first-order chi connectivity index (χ1) is 8.50. The van der Waals surface area contributed by atoms with Gasteiger partial charge in [-0.1, -0.05) is 0 Å². The number of nitrogens with one attached hydrogen (secondary N) is 1. The highest BCUT2D eigenvalue weighted by Crippen LogP contribution is 2.02. The van der Waals surface area contributed by atoms with Crippen molar-refractivity contribution in [1.82, 2.24) is 10.3 Å². The smallest absolute Gasteiger partial charge is 0.326 e. The number of pyridine rings is 1. The van der Waals surface area contributed by atoms with Gasteiger partial charge in [-0.3, -0.25) is 9.78 Å². The summed E-state index contributed by atoms with van der Waals surface area (Å²) in [6, 6.07) is 2.05. The van der Waals surface area contributed by atoms with Crippen LogP contribution in [0.2, 0.25) is 0 Å². The van der Waals surface area contributed by atoms with Crippen LogP contribution in [0.3, 0.4) is 0 Å². The molecule has 0 aliphatic heterocycles. The highest BCUT2D eigenvalue weighted by atomic mass is 16.4. The number of amides is 1. The molecule has 6 heteroatoms. The van der Waals surface area contributed by atoms with E-state index in [4.69, 9.17) is 5.11 Å². The standard InChI is InChI=1S/C12H14N2O4/c1-8(15)4-5-10(12(17)18)14-11(16)9-3-2-6-13-7-9/h2-3,6-7,10H,4-5H2,1H3,(H,14,16)(H,17,18)/t10-/m0/s1. The van der Waals surface area contributed by atoms with Crippen LogP contribution < -0.4 is 5.32 Å². The molecule has 1 aromatic heterocycles. The number of hydrogen-bond acceptors (Lipinski definition) is 4. The lowest BCUT2D eigenvalue weighted by Crippen LogP contribution is -2.41. The fourth-order valence-corrected chi connectivity index (χ4v) is 1.34. The van der Waals surface area contributed by atoms with E-state index in [-0.39, 0.29) is 24.2 Å². The van der Waals surface area contributed by atoms with Crippen LogP contribution in [-0.2, 0) is 9.59 Å². The quantitative estimate of drug-likeness (QED) is 0.772. The predicted octanol–water partition coefficient (Wildman–Crippen LogP) is 0.634. The molecule has 1 atom stereocenters. The minimum Gasteiger partial charge on any atom is -0.480 e. The van der Waals surface area contributed by atoms with Gasteiger partial charge in [-0.05, 0) is 25.5 Å². The number of rotatable bonds is 6.